The lowest BCUT2D eigenvalue weighted by molar-refractivity contribution is 0.0952. The molecule has 2 N–H and O–H groups in total. The third kappa shape index (κ3) is 5.07. The number of hydrogen-bond acceptors (Lipinski definition) is 2. The molecule has 3 heteroatoms. The van der Waals surface area contributed by atoms with Crippen LogP contribution in [0.3, 0.4) is 0 Å². The fraction of sp³-hybridized carbons (Fsp3) is 0.471. The van der Waals surface area contributed by atoms with Crippen molar-refractivity contribution in [2.75, 3.05) is 13.2 Å². The van der Waals surface area contributed by atoms with Gasteiger partial charge in [-0.25, -0.2) is 0 Å². The van der Waals surface area contributed by atoms with Crippen LogP contribution in [0.2, 0.25) is 0 Å². The van der Waals surface area contributed by atoms with Crippen LogP contribution in [0.15, 0.2) is 18.2 Å². The van der Waals surface area contributed by atoms with Crippen LogP contribution in [-0.4, -0.2) is 24.2 Å². The lowest BCUT2D eigenvalue weighted by Gasteiger charge is -2.09. The van der Waals surface area contributed by atoms with Gasteiger partial charge in [0.25, 0.3) is 5.91 Å². The van der Waals surface area contributed by atoms with Gasteiger partial charge >= 0.3 is 0 Å². The molecule has 0 aliphatic heterocycles. The minimum absolute atomic E-state index is 0.0566. The van der Waals surface area contributed by atoms with Crippen molar-refractivity contribution in [1.29, 1.82) is 0 Å². The molecule has 20 heavy (non-hydrogen) atoms. The second-order valence-corrected chi connectivity index (χ2v) is 5.23. The van der Waals surface area contributed by atoms with E-state index in [1.165, 1.54) is 0 Å². The monoisotopic (exact) mass is 273 g/mol. The summed E-state index contributed by atoms with van der Waals surface area (Å²) in [4.78, 5) is 12.1. The van der Waals surface area contributed by atoms with Gasteiger partial charge in [0, 0.05) is 17.7 Å². The van der Waals surface area contributed by atoms with Gasteiger partial charge in [-0.05, 0) is 43.4 Å². The smallest absolute Gasteiger partial charge is 0.251 e. The second-order valence-electron chi connectivity index (χ2n) is 5.23. The quantitative estimate of drug-likeness (QED) is 0.639. The summed E-state index contributed by atoms with van der Waals surface area (Å²) in [7, 11) is 0. The maximum atomic E-state index is 12.1. The Balaban J connectivity index is 2.68. The van der Waals surface area contributed by atoms with E-state index in [2.05, 4.69) is 31.0 Å². The number of benzene rings is 1. The van der Waals surface area contributed by atoms with Gasteiger partial charge in [-0.2, -0.15) is 0 Å². The molecule has 0 unspecified atom stereocenters. The number of rotatable bonds is 5. The maximum Gasteiger partial charge on any atom is 0.251 e. The molecule has 0 atom stereocenters. The summed E-state index contributed by atoms with van der Waals surface area (Å²) in [5.74, 6) is 6.07. The minimum Gasteiger partial charge on any atom is -0.384 e. The van der Waals surface area contributed by atoms with Gasteiger partial charge in [0.1, 0.15) is 6.61 Å². The summed E-state index contributed by atoms with van der Waals surface area (Å²) in [5, 5.41) is 11.7. The Kier molecular flexibility index (Phi) is 6.83. The van der Waals surface area contributed by atoms with Gasteiger partial charge in [0.15, 0.2) is 0 Å². The van der Waals surface area contributed by atoms with Crippen molar-refractivity contribution in [2.24, 2.45) is 5.92 Å². The lowest BCUT2D eigenvalue weighted by atomic mass is 10.0. The Labute approximate surface area is 121 Å². The number of carbonyl (C=O) groups excluding carboxylic acids is 1. The van der Waals surface area contributed by atoms with Crippen molar-refractivity contribution in [2.45, 2.75) is 33.6 Å². The Morgan fingerprint density at radius 2 is 2.15 bits per heavy atom. The van der Waals surface area contributed by atoms with Crippen LogP contribution in [0.4, 0.5) is 0 Å². The van der Waals surface area contributed by atoms with Crippen molar-refractivity contribution in [1.82, 2.24) is 5.32 Å². The lowest BCUT2D eigenvalue weighted by Crippen LogP contribution is -2.25. The fourth-order valence-electron chi connectivity index (χ4n) is 1.96. The molecular formula is C17H23NO2. The highest BCUT2D eigenvalue weighted by Crippen LogP contribution is 2.13. The molecule has 0 aromatic heterocycles. The molecule has 0 heterocycles. The summed E-state index contributed by atoms with van der Waals surface area (Å²) >= 11 is 0. The summed E-state index contributed by atoms with van der Waals surface area (Å²) in [6.45, 7) is 6.75. The summed E-state index contributed by atoms with van der Waals surface area (Å²) in [6.07, 6.45) is 2.10. The van der Waals surface area contributed by atoms with Crippen LogP contribution in [0.25, 0.3) is 0 Å². The van der Waals surface area contributed by atoms with Gasteiger partial charge < -0.3 is 10.4 Å². The van der Waals surface area contributed by atoms with E-state index in [1.807, 2.05) is 19.1 Å². The van der Waals surface area contributed by atoms with E-state index in [0.29, 0.717) is 18.0 Å². The van der Waals surface area contributed by atoms with Gasteiger partial charge in [-0.3, -0.25) is 4.79 Å². The van der Waals surface area contributed by atoms with Crippen molar-refractivity contribution >= 4 is 5.91 Å². The number of amides is 1. The van der Waals surface area contributed by atoms with E-state index in [-0.39, 0.29) is 12.5 Å². The Bertz CT molecular complexity index is 509. The molecular weight excluding hydrogens is 250 g/mol. The highest BCUT2D eigenvalue weighted by Gasteiger charge is 2.10. The van der Waals surface area contributed by atoms with Gasteiger partial charge in [-0.15, -0.1) is 0 Å². The average molecular weight is 273 g/mol. The molecule has 0 fully saturated rings. The zero-order valence-electron chi connectivity index (χ0n) is 12.5. The summed E-state index contributed by atoms with van der Waals surface area (Å²) in [6, 6.07) is 5.47. The molecule has 0 radical (unpaired) electrons. The zero-order chi connectivity index (χ0) is 15.0. The van der Waals surface area contributed by atoms with E-state index in [4.69, 9.17) is 5.11 Å². The molecule has 0 aliphatic rings. The van der Waals surface area contributed by atoms with Crippen molar-refractivity contribution in [3.8, 4) is 11.8 Å². The topological polar surface area (TPSA) is 49.3 Å². The highest BCUT2D eigenvalue weighted by molar-refractivity contribution is 5.96. The molecule has 1 aromatic carbocycles. The Morgan fingerprint density at radius 3 is 2.80 bits per heavy atom. The van der Waals surface area contributed by atoms with Crippen LogP contribution < -0.4 is 5.32 Å². The first-order valence-corrected chi connectivity index (χ1v) is 7.03. The predicted octanol–water partition coefficient (Wildman–Crippen LogP) is 2.50. The van der Waals surface area contributed by atoms with Crippen LogP contribution in [0.5, 0.6) is 0 Å². The molecule has 0 saturated carbocycles. The molecule has 108 valence electrons. The van der Waals surface area contributed by atoms with Crippen LogP contribution in [0, 0.1) is 24.7 Å². The largest absolute Gasteiger partial charge is 0.384 e. The first kappa shape index (κ1) is 16.3. The molecule has 0 aliphatic carbocycles. The van der Waals surface area contributed by atoms with Crippen molar-refractivity contribution in [3.63, 3.8) is 0 Å². The molecule has 1 rings (SSSR count). The number of carbonyl (C=O) groups is 1. The Hall–Kier alpha value is -1.79. The minimum atomic E-state index is -0.176. The van der Waals surface area contributed by atoms with E-state index in [1.54, 1.807) is 6.07 Å². The van der Waals surface area contributed by atoms with Crippen LogP contribution in [0.1, 0.15) is 48.2 Å². The van der Waals surface area contributed by atoms with Crippen LogP contribution in [-0.2, 0) is 0 Å². The maximum absolute atomic E-state index is 12.1. The summed E-state index contributed by atoms with van der Waals surface area (Å²) < 4.78 is 0. The predicted molar refractivity (Wildman–Crippen MR) is 81.5 cm³/mol. The van der Waals surface area contributed by atoms with E-state index in [0.717, 1.165) is 24.0 Å². The molecule has 1 aromatic rings. The molecule has 1 amide bonds. The number of nitrogens with one attached hydrogen (secondary N) is 1. The summed E-state index contributed by atoms with van der Waals surface area (Å²) in [5.41, 5.74) is 2.29. The Morgan fingerprint density at radius 1 is 1.40 bits per heavy atom. The first-order valence-electron chi connectivity index (χ1n) is 7.03. The number of aliphatic hydroxyl groups is 1. The fourth-order valence-corrected chi connectivity index (χ4v) is 1.96. The molecule has 3 nitrogen and oxygen atoms in total. The van der Waals surface area contributed by atoms with E-state index in [9.17, 15) is 4.79 Å². The second kappa shape index (κ2) is 8.39. The van der Waals surface area contributed by atoms with Crippen LogP contribution >= 0.6 is 0 Å². The normalized spacial score (nSPS) is 10.1. The zero-order valence-corrected chi connectivity index (χ0v) is 12.5. The van der Waals surface area contributed by atoms with Gasteiger partial charge in [0.2, 0.25) is 0 Å². The average Bonchev–Trinajstić information content (AvgIpc) is 2.42. The van der Waals surface area contributed by atoms with Crippen molar-refractivity contribution < 1.29 is 9.90 Å². The SMILES string of the molecule is Cc1c(C#CCO)cccc1C(=O)NCCCC(C)C. The first-order chi connectivity index (χ1) is 9.56. The molecule has 0 saturated heterocycles. The highest BCUT2D eigenvalue weighted by atomic mass is 16.2. The number of aliphatic hydroxyl groups excluding tert-OH is 1. The third-order valence-electron chi connectivity index (χ3n) is 3.12. The molecule has 0 bridgehead atoms. The standard InChI is InChI=1S/C17H23NO2/c1-13(2)7-5-11-18-17(20)16-10-4-8-15(14(16)3)9-6-12-19/h4,8,10,13,19H,5,7,11-12H2,1-3H3,(H,18,20). The van der Waals surface area contributed by atoms with Crippen molar-refractivity contribution in [3.05, 3.63) is 34.9 Å². The van der Waals surface area contributed by atoms with E-state index < -0.39 is 0 Å². The molecule has 0 spiro atoms. The van der Waals surface area contributed by atoms with E-state index >= 15 is 0 Å². The van der Waals surface area contributed by atoms with Gasteiger partial charge in [0.05, 0.1) is 0 Å². The number of hydrogen-bond donors (Lipinski definition) is 2. The van der Waals surface area contributed by atoms with Gasteiger partial charge in [-0.1, -0.05) is 31.8 Å². The third-order valence-corrected chi connectivity index (χ3v) is 3.12.